The first-order valence-corrected chi connectivity index (χ1v) is 18.4. The maximum atomic E-state index is 7.19. The highest BCUT2D eigenvalue weighted by Crippen LogP contribution is 2.51. The predicted octanol–water partition coefficient (Wildman–Crippen LogP) is 7.88. The largest absolute Gasteiger partial charge is 0.492 e. The molecule has 0 radical (unpaired) electrons. The molecule has 6 aliphatic rings. The number of rotatable bonds is 12. The van der Waals surface area contributed by atoms with Crippen molar-refractivity contribution >= 4 is 0 Å². The van der Waals surface area contributed by atoms with Gasteiger partial charge in [-0.2, -0.15) is 0 Å². The van der Waals surface area contributed by atoms with Crippen LogP contribution in [0.4, 0.5) is 0 Å². The average molecular weight is 677 g/mol. The molecule has 0 spiro atoms. The van der Waals surface area contributed by atoms with Crippen LogP contribution in [0.15, 0.2) is 72.5 Å². The number of benzene rings is 2. The highest BCUT2D eigenvalue weighted by atomic mass is 16.9. The molecule has 7 atom stereocenters. The SMILES string of the molecule is C[C@H](CCC12OCC(C)(CO1)CO2)C1=CCC[C@@]2(C)O[C@@]3(C)C[C@@H](OCc4ccccc4)[C@](C)(CCOCc4ccccc4)O[C@@H]3C[C@@H]2O1. The van der Waals surface area contributed by atoms with Crippen LogP contribution in [-0.2, 0) is 51.1 Å². The van der Waals surface area contributed by atoms with Crippen LogP contribution in [-0.4, -0.2) is 67.5 Å². The molecule has 8 rings (SSSR count). The minimum absolute atomic E-state index is 0.0410. The second kappa shape index (κ2) is 14.0. The quantitative estimate of drug-likeness (QED) is 0.210. The molecular weight excluding hydrogens is 620 g/mol. The summed E-state index contributed by atoms with van der Waals surface area (Å²) < 4.78 is 52.4. The van der Waals surface area contributed by atoms with Gasteiger partial charge in [0.05, 0.1) is 62.2 Å². The fourth-order valence-electron chi connectivity index (χ4n) is 8.22. The van der Waals surface area contributed by atoms with E-state index in [0.29, 0.717) is 52.5 Å². The lowest BCUT2D eigenvalue weighted by Gasteiger charge is -2.59. The van der Waals surface area contributed by atoms with Gasteiger partial charge in [0.1, 0.15) is 11.7 Å². The average Bonchev–Trinajstić information content (AvgIpc) is 3.27. The summed E-state index contributed by atoms with van der Waals surface area (Å²) in [7, 11) is 0. The fraction of sp³-hybridized carbons (Fsp3) is 0.659. The number of hydrogen-bond donors (Lipinski definition) is 0. The van der Waals surface area contributed by atoms with E-state index in [2.05, 4.69) is 77.1 Å². The van der Waals surface area contributed by atoms with Crippen molar-refractivity contribution < 1.29 is 37.9 Å². The van der Waals surface area contributed by atoms with Crippen LogP contribution in [0.25, 0.3) is 0 Å². The zero-order valence-electron chi connectivity index (χ0n) is 30.1. The van der Waals surface area contributed by atoms with Gasteiger partial charge in [-0.05, 0) is 57.2 Å². The summed E-state index contributed by atoms with van der Waals surface area (Å²) in [5, 5.41) is 0. The first kappa shape index (κ1) is 35.1. The molecule has 2 aromatic carbocycles. The molecule has 6 aliphatic heterocycles. The van der Waals surface area contributed by atoms with E-state index in [9.17, 15) is 0 Å². The predicted molar refractivity (Wildman–Crippen MR) is 185 cm³/mol. The van der Waals surface area contributed by atoms with Gasteiger partial charge in [0.25, 0.3) is 5.97 Å². The van der Waals surface area contributed by atoms with Crippen LogP contribution in [0.3, 0.4) is 0 Å². The van der Waals surface area contributed by atoms with Crippen LogP contribution < -0.4 is 0 Å². The van der Waals surface area contributed by atoms with E-state index < -0.39 is 22.8 Å². The summed E-state index contributed by atoms with van der Waals surface area (Å²) in [4.78, 5) is 0. The zero-order chi connectivity index (χ0) is 34.2. The molecule has 2 bridgehead atoms. The van der Waals surface area contributed by atoms with Gasteiger partial charge in [0.15, 0.2) is 0 Å². The van der Waals surface area contributed by atoms with Gasteiger partial charge in [-0.25, -0.2) is 0 Å². The van der Waals surface area contributed by atoms with Crippen molar-refractivity contribution in [3.8, 4) is 0 Å². The Morgan fingerprint density at radius 2 is 1.45 bits per heavy atom. The highest BCUT2D eigenvalue weighted by Gasteiger charge is 2.60. The maximum absolute atomic E-state index is 7.19. The molecule has 8 nitrogen and oxygen atoms in total. The summed E-state index contributed by atoms with van der Waals surface area (Å²) in [6, 6.07) is 20.7. The topological polar surface area (TPSA) is 73.8 Å². The molecule has 5 fully saturated rings. The lowest BCUT2D eigenvalue weighted by molar-refractivity contribution is -0.468. The van der Waals surface area contributed by atoms with Crippen LogP contribution in [0.5, 0.6) is 0 Å². The lowest BCUT2D eigenvalue weighted by atomic mass is 9.73. The van der Waals surface area contributed by atoms with E-state index in [1.165, 1.54) is 0 Å². The van der Waals surface area contributed by atoms with Crippen LogP contribution in [0.1, 0.15) is 90.7 Å². The van der Waals surface area contributed by atoms with Crippen molar-refractivity contribution in [2.45, 2.75) is 134 Å². The lowest BCUT2D eigenvalue weighted by Crippen LogP contribution is -2.69. The van der Waals surface area contributed by atoms with E-state index in [1.807, 2.05) is 24.3 Å². The standard InChI is InChI=1S/C41H56O8/c1-30(18-20-41-44-27-37(2,28-45-41)29-46-41)33-17-12-19-39(4)34(47-33)23-35-40(5,49-39)24-36(43-26-32-15-10-7-11-16-32)38(3,48-35)21-22-42-25-31-13-8-6-9-14-31/h6-11,13-17,30,34-36H,12,18-29H2,1-5H3/t30-,34+,35-,36-,37?,38+,39-,40+,41?/m1/s1. The Hall–Kier alpha value is -2.30. The molecule has 5 saturated heterocycles. The zero-order valence-corrected chi connectivity index (χ0v) is 30.1. The van der Waals surface area contributed by atoms with E-state index in [0.717, 1.165) is 49.0 Å². The molecule has 0 amide bonds. The second-order valence-corrected chi connectivity index (χ2v) is 16.2. The highest BCUT2D eigenvalue weighted by molar-refractivity contribution is 5.16. The second-order valence-electron chi connectivity index (χ2n) is 16.2. The van der Waals surface area contributed by atoms with Crippen molar-refractivity contribution in [3.05, 3.63) is 83.6 Å². The van der Waals surface area contributed by atoms with Crippen molar-refractivity contribution in [1.29, 1.82) is 0 Å². The van der Waals surface area contributed by atoms with Gasteiger partial charge in [0.2, 0.25) is 0 Å². The molecule has 0 aromatic heterocycles. The Kier molecular flexibility index (Phi) is 10.0. The van der Waals surface area contributed by atoms with Gasteiger partial charge in [-0.3, -0.25) is 0 Å². The van der Waals surface area contributed by atoms with Gasteiger partial charge in [-0.15, -0.1) is 0 Å². The van der Waals surface area contributed by atoms with E-state index in [-0.39, 0.29) is 29.6 Å². The van der Waals surface area contributed by atoms with Crippen molar-refractivity contribution in [2.24, 2.45) is 11.3 Å². The fourth-order valence-corrected chi connectivity index (χ4v) is 8.22. The molecule has 0 aliphatic carbocycles. The summed E-state index contributed by atoms with van der Waals surface area (Å²) in [5.74, 6) is 0.281. The van der Waals surface area contributed by atoms with Crippen LogP contribution >= 0.6 is 0 Å². The number of hydrogen-bond acceptors (Lipinski definition) is 8. The third-order valence-corrected chi connectivity index (χ3v) is 11.6. The summed E-state index contributed by atoms with van der Waals surface area (Å²) in [6.07, 6.45) is 7.30. The molecule has 0 unspecified atom stereocenters. The maximum Gasteiger partial charge on any atom is 0.282 e. The van der Waals surface area contributed by atoms with E-state index in [4.69, 9.17) is 37.9 Å². The molecule has 0 saturated carbocycles. The first-order chi connectivity index (χ1) is 23.5. The normalized spacial score (nSPS) is 39.2. The monoisotopic (exact) mass is 676 g/mol. The van der Waals surface area contributed by atoms with Gasteiger partial charge in [0, 0.05) is 43.6 Å². The van der Waals surface area contributed by atoms with Crippen molar-refractivity contribution in [3.63, 3.8) is 0 Å². The number of fused-ring (bicyclic) bond motifs is 5. The summed E-state index contributed by atoms with van der Waals surface area (Å²) >= 11 is 0. The van der Waals surface area contributed by atoms with Crippen LogP contribution in [0.2, 0.25) is 0 Å². The van der Waals surface area contributed by atoms with E-state index >= 15 is 0 Å². The first-order valence-electron chi connectivity index (χ1n) is 18.4. The summed E-state index contributed by atoms with van der Waals surface area (Å²) in [6.45, 7) is 14.7. The van der Waals surface area contributed by atoms with Gasteiger partial charge < -0.3 is 37.9 Å². The van der Waals surface area contributed by atoms with Crippen molar-refractivity contribution in [2.75, 3.05) is 26.4 Å². The molecular formula is C41H56O8. The summed E-state index contributed by atoms with van der Waals surface area (Å²) in [5.41, 5.74) is 0.748. The Bertz CT molecular complexity index is 1410. The molecule has 8 heteroatoms. The number of ether oxygens (including phenoxy) is 8. The Balaban J connectivity index is 1.02. The Labute approximate surface area is 292 Å². The minimum atomic E-state index is -0.925. The third kappa shape index (κ3) is 7.67. The molecule has 49 heavy (non-hydrogen) atoms. The molecule has 268 valence electrons. The van der Waals surface area contributed by atoms with Crippen LogP contribution in [0, 0.1) is 11.3 Å². The number of allylic oxidation sites excluding steroid dienone is 2. The minimum Gasteiger partial charge on any atom is -0.492 e. The van der Waals surface area contributed by atoms with Crippen molar-refractivity contribution in [1.82, 2.24) is 0 Å². The molecule has 2 aromatic rings. The van der Waals surface area contributed by atoms with Gasteiger partial charge in [-0.1, -0.05) is 74.5 Å². The molecule has 6 heterocycles. The third-order valence-electron chi connectivity index (χ3n) is 11.6. The van der Waals surface area contributed by atoms with E-state index in [1.54, 1.807) is 0 Å². The van der Waals surface area contributed by atoms with Gasteiger partial charge >= 0.3 is 0 Å². The Morgan fingerprint density at radius 3 is 2.12 bits per heavy atom. The smallest absolute Gasteiger partial charge is 0.282 e. The Morgan fingerprint density at radius 1 is 0.796 bits per heavy atom. The molecule has 0 N–H and O–H groups in total.